The second-order valence-electron chi connectivity index (χ2n) is 5.28. The summed E-state index contributed by atoms with van der Waals surface area (Å²) < 4.78 is 0. The van der Waals surface area contributed by atoms with Gasteiger partial charge in [0.25, 0.3) is 0 Å². The number of H-pyrrole nitrogens is 1. The van der Waals surface area contributed by atoms with Gasteiger partial charge in [0.15, 0.2) is 0 Å². The van der Waals surface area contributed by atoms with E-state index >= 15 is 0 Å². The molecule has 0 bridgehead atoms. The third kappa shape index (κ3) is 2.35. The van der Waals surface area contributed by atoms with Crippen LogP contribution in [0.3, 0.4) is 0 Å². The molecule has 3 rings (SSSR count). The molecule has 0 aromatic carbocycles. The van der Waals surface area contributed by atoms with Gasteiger partial charge in [0, 0.05) is 32.2 Å². The van der Waals surface area contributed by atoms with Gasteiger partial charge in [-0.1, -0.05) is 0 Å². The van der Waals surface area contributed by atoms with E-state index in [4.69, 9.17) is 5.11 Å². The van der Waals surface area contributed by atoms with Gasteiger partial charge in [0.2, 0.25) is 5.95 Å². The Morgan fingerprint density at radius 2 is 2.33 bits per heavy atom. The number of aromatic amines is 1. The first-order valence-electron chi connectivity index (χ1n) is 6.87. The zero-order chi connectivity index (χ0) is 12.4. The molecule has 3 N–H and O–H groups in total. The van der Waals surface area contributed by atoms with Crippen LogP contribution in [0.5, 0.6) is 0 Å². The quantitative estimate of drug-likeness (QED) is 0.697. The molecule has 2 unspecified atom stereocenters. The maximum atomic E-state index is 8.81. The van der Waals surface area contributed by atoms with E-state index in [2.05, 4.69) is 25.4 Å². The molecule has 2 fully saturated rings. The first-order chi connectivity index (χ1) is 8.86. The maximum absolute atomic E-state index is 8.81. The van der Waals surface area contributed by atoms with Crippen molar-refractivity contribution in [3.05, 3.63) is 5.82 Å². The zero-order valence-corrected chi connectivity index (χ0v) is 10.6. The fraction of sp³-hybridized carbons (Fsp3) is 0.833. The molecule has 1 aromatic rings. The molecule has 2 aliphatic rings. The van der Waals surface area contributed by atoms with Crippen molar-refractivity contribution >= 4 is 5.95 Å². The van der Waals surface area contributed by atoms with Gasteiger partial charge in [-0.05, 0) is 31.7 Å². The third-order valence-corrected chi connectivity index (χ3v) is 3.97. The largest absolute Gasteiger partial charge is 0.396 e. The van der Waals surface area contributed by atoms with E-state index in [1.807, 2.05) is 0 Å². The van der Waals surface area contributed by atoms with Gasteiger partial charge >= 0.3 is 0 Å². The highest BCUT2D eigenvalue weighted by atomic mass is 16.2. The van der Waals surface area contributed by atoms with Crippen molar-refractivity contribution in [2.45, 2.75) is 31.7 Å². The van der Waals surface area contributed by atoms with E-state index in [0.29, 0.717) is 6.04 Å². The molecule has 100 valence electrons. The summed E-state index contributed by atoms with van der Waals surface area (Å²) in [5, 5.41) is 19.6. The Morgan fingerprint density at radius 1 is 1.39 bits per heavy atom. The summed E-state index contributed by atoms with van der Waals surface area (Å²) in [4.78, 5) is 6.78. The molecule has 6 nitrogen and oxygen atoms in total. The number of aliphatic hydroxyl groups excluding tert-OH is 1. The highest BCUT2D eigenvalue weighted by molar-refractivity contribution is 5.32. The summed E-state index contributed by atoms with van der Waals surface area (Å²) in [6, 6.07) is 0.609. The van der Waals surface area contributed by atoms with Crippen molar-refractivity contribution in [2.75, 3.05) is 31.1 Å². The average molecular weight is 251 g/mol. The normalized spacial score (nSPS) is 27.5. The molecular formula is C12H21N5O. The molecule has 0 aliphatic carbocycles. The Labute approximate surface area is 107 Å². The van der Waals surface area contributed by atoms with Gasteiger partial charge in [-0.15, -0.1) is 5.10 Å². The standard InChI is InChI=1S/C12H21N5O/c18-6-2-4-11-14-12(16-15-11)17-7-9-3-1-5-13-10(9)8-17/h9-10,13,18H,1-8H2,(H,14,15,16). The number of aryl methyl sites for hydroxylation is 1. The van der Waals surface area contributed by atoms with Crippen LogP contribution < -0.4 is 10.2 Å². The number of nitrogens with one attached hydrogen (secondary N) is 2. The van der Waals surface area contributed by atoms with Gasteiger partial charge in [-0.2, -0.15) is 4.98 Å². The molecule has 2 aliphatic heterocycles. The Morgan fingerprint density at radius 3 is 3.17 bits per heavy atom. The minimum atomic E-state index is 0.202. The Balaban J connectivity index is 1.63. The molecule has 6 heteroatoms. The van der Waals surface area contributed by atoms with Gasteiger partial charge in [0.05, 0.1) is 0 Å². The second kappa shape index (κ2) is 5.24. The Kier molecular flexibility index (Phi) is 3.47. The summed E-state index contributed by atoms with van der Waals surface area (Å²) in [7, 11) is 0. The van der Waals surface area contributed by atoms with Crippen LogP contribution in [0, 0.1) is 5.92 Å². The molecule has 0 amide bonds. The number of fused-ring (bicyclic) bond motifs is 1. The van der Waals surface area contributed by atoms with Crippen molar-refractivity contribution in [3.8, 4) is 0 Å². The van der Waals surface area contributed by atoms with Gasteiger partial charge in [-0.25, -0.2) is 0 Å². The summed E-state index contributed by atoms with van der Waals surface area (Å²) in [6.07, 6.45) is 4.10. The summed E-state index contributed by atoms with van der Waals surface area (Å²) >= 11 is 0. The molecule has 18 heavy (non-hydrogen) atoms. The average Bonchev–Trinajstić information content (AvgIpc) is 3.02. The minimum absolute atomic E-state index is 0.202. The van der Waals surface area contributed by atoms with E-state index < -0.39 is 0 Å². The predicted molar refractivity (Wildman–Crippen MR) is 68.5 cm³/mol. The van der Waals surface area contributed by atoms with Crippen LogP contribution in [0.1, 0.15) is 25.1 Å². The van der Waals surface area contributed by atoms with Gasteiger partial charge < -0.3 is 15.3 Å². The van der Waals surface area contributed by atoms with Crippen LogP contribution in [-0.2, 0) is 6.42 Å². The lowest BCUT2D eigenvalue weighted by atomic mass is 9.94. The molecule has 0 spiro atoms. The van der Waals surface area contributed by atoms with Crippen LogP contribution in [0.4, 0.5) is 5.95 Å². The predicted octanol–water partition coefficient (Wildman–Crippen LogP) is -0.0822. The topological polar surface area (TPSA) is 77.1 Å². The summed E-state index contributed by atoms with van der Waals surface area (Å²) in [5.74, 6) is 2.44. The number of anilines is 1. The maximum Gasteiger partial charge on any atom is 0.244 e. The SMILES string of the molecule is OCCCc1nc(N2CC3CCCNC3C2)n[nH]1. The number of nitrogens with zero attached hydrogens (tertiary/aromatic N) is 3. The fourth-order valence-corrected chi connectivity index (χ4v) is 3.00. The third-order valence-electron chi connectivity index (χ3n) is 3.97. The highest BCUT2D eigenvalue weighted by Gasteiger charge is 2.35. The Hall–Kier alpha value is -1.14. The van der Waals surface area contributed by atoms with E-state index in [1.54, 1.807) is 0 Å². The lowest BCUT2D eigenvalue weighted by Gasteiger charge is -2.24. The highest BCUT2D eigenvalue weighted by Crippen LogP contribution is 2.27. The smallest absolute Gasteiger partial charge is 0.244 e. The second-order valence-corrected chi connectivity index (χ2v) is 5.28. The summed E-state index contributed by atoms with van der Waals surface area (Å²) in [5.41, 5.74) is 0. The van der Waals surface area contributed by atoms with Crippen LogP contribution in [-0.4, -0.2) is 52.6 Å². The molecule has 0 saturated carbocycles. The van der Waals surface area contributed by atoms with Crippen LogP contribution in [0.2, 0.25) is 0 Å². The van der Waals surface area contributed by atoms with Crippen molar-refractivity contribution in [3.63, 3.8) is 0 Å². The van der Waals surface area contributed by atoms with E-state index in [1.165, 1.54) is 12.8 Å². The van der Waals surface area contributed by atoms with Crippen LogP contribution in [0.25, 0.3) is 0 Å². The van der Waals surface area contributed by atoms with Crippen molar-refractivity contribution in [1.29, 1.82) is 0 Å². The van der Waals surface area contributed by atoms with Crippen LogP contribution in [0.15, 0.2) is 0 Å². The minimum Gasteiger partial charge on any atom is -0.396 e. The number of aliphatic hydroxyl groups is 1. The van der Waals surface area contributed by atoms with Crippen molar-refractivity contribution < 1.29 is 5.11 Å². The molecule has 1 aromatic heterocycles. The molecule has 2 atom stereocenters. The lowest BCUT2D eigenvalue weighted by molar-refractivity contribution is 0.287. The van der Waals surface area contributed by atoms with Crippen molar-refractivity contribution in [1.82, 2.24) is 20.5 Å². The molecular weight excluding hydrogens is 230 g/mol. The fourth-order valence-electron chi connectivity index (χ4n) is 3.00. The molecule has 2 saturated heterocycles. The Bertz CT molecular complexity index is 380. The summed E-state index contributed by atoms with van der Waals surface area (Å²) in [6.45, 7) is 3.43. The first kappa shape index (κ1) is 11.9. The number of rotatable bonds is 4. The number of aromatic nitrogens is 3. The van der Waals surface area contributed by atoms with Gasteiger partial charge in [0.1, 0.15) is 5.82 Å². The number of piperidine rings is 1. The van der Waals surface area contributed by atoms with Crippen LogP contribution >= 0.6 is 0 Å². The zero-order valence-electron chi connectivity index (χ0n) is 10.6. The number of hydrogen-bond donors (Lipinski definition) is 3. The van der Waals surface area contributed by atoms with E-state index in [0.717, 1.165) is 50.2 Å². The van der Waals surface area contributed by atoms with E-state index in [9.17, 15) is 0 Å². The van der Waals surface area contributed by atoms with E-state index in [-0.39, 0.29) is 6.61 Å². The molecule has 0 radical (unpaired) electrons. The van der Waals surface area contributed by atoms with Crippen molar-refractivity contribution in [2.24, 2.45) is 5.92 Å². The number of hydrogen-bond acceptors (Lipinski definition) is 5. The molecule has 3 heterocycles. The monoisotopic (exact) mass is 251 g/mol. The lowest BCUT2D eigenvalue weighted by Crippen LogP contribution is -2.40. The first-order valence-corrected chi connectivity index (χ1v) is 6.87. The van der Waals surface area contributed by atoms with Gasteiger partial charge in [-0.3, -0.25) is 5.10 Å².